The third-order valence-corrected chi connectivity index (χ3v) is 1.69. The Balaban J connectivity index is 2.84. The van der Waals surface area contributed by atoms with Gasteiger partial charge >= 0.3 is 0 Å². The van der Waals surface area contributed by atoms with Gasteiger partial charge in [-0.15, -0.1) is 0 Å². The molecule has 0 unspecified atom stereocenters. The summed E-state index contributed by atoms with van der Waals surface area (Å²) in [5.41, 5.74) is 0.802. The van der Waals surface area contributed by atoms with E-state index in [1.165, 1.54) is 18.5 Å². The Morgan fingerprint density at radius 1 is 1.31 bits per heavy atom. The predicted molar refractivity (Wildman–Crippen MR) is 44.2 cm³/mol. The Morgan fingerprint density at radius 3 is 2.92 bits per heavy atom. The maximum absolute atomic E-state index is 13.1. The number of fused-ring (bicyclic) bond motifs is 1. The summed E-state index contributed by atoms with van der Waals surface area (Å²) in [7, 11) is 0. The number of hydrogen-bond donors (Lipinski definition) is 0. The molecule has 3 nitrogen and oxygen atoms in total. The zero-order valence-electron chi connectivity index (χ0n) is 6.53. The quantitative estimate of drug-likeness (QED) is 0.608. The molecule has 13 heavy (non-hydrogen) atoms. The molecule has 2 aromatic rings. The lowest BCUT2D eigenvalue weighted by molar-refractivity contribution is 0.633. The van der Waals surface area contributed by atoms with Gasteiger partial charge in [0.15, 0.2) is 5.82 Å². The summed E-state index contributed by atoms with van der Waals surface area (Å²) in [6.07, 6.45) is 3.95. The molecule has 0 saturated heterocycles. The fourth-order valence-corrected chi connectivity index (χ4v) is 1.07. The first-order valence-corrected chi connectivity index (χ1v) is 3.60. The van der Waals surface area contributed by atoms with Crippen molar-refractivity contribution >= 4 is 10.9 Å². The molecule has 0 aromatic carbocycles. The molecule has 0 saturated carbocycles. The van der Waals surface area contributed by atoms with Gasteiger partial charge in [-0.3, -0.25) is 9.97 Å². The van der Waals surface area contributed by atoms with E-state index in [2.05, 4.69) is 9.97 Å². The summed E-state index contributed by atoms with van der Waals surface area (Å²) in [5.74, 6) is -0.456. The number of hydrogen-bond acceptors (Lipinski definition) is 3. The average molecular weight is 173 g/mol. The molecule has 2 heterocycles. The molecule has 0 aliphatic carbocycles. The summed E-state index contributed by atoms with van der Waals surface area (Å²) in [6.45, 7) is 0. The molecule has 0 bridgehead atoms. The number of halogens is 1. The predicted octanol–water partition coefficient (Wildman–Crippen LogP) is 1.64. The van der Waals surface area contributed by atoms with Gasteiger partial charge in [0, 0.05) is 11.6 Å². The van der Waals surface area contributed by atoms with Gasteiger partial charge in [-0.05, 0) is 6.07 Å². The van der Waals surface area contributed by atoms with E-state index in [9.17, 15) is 4.39 Å². The summed E-state index contributed by atoms with van der Waals surface area (Å²) in [6, 6.07) is 3.35. The van der Waals surface area contributed by atoms with E-state index in [0.29, 0.717) is 16.5 Å². The largest absolute Gasteiger partial charge is 0.259 e. The van der Waals surface area contributed by atoms with Crippen LogP contribution in [-0.2, 0) is 0 Å². The zero-order chi connectivity index (χ0) is 9.26. The monoisotopic (exact) mass is 173 g/mol. The highest BCUT2D eigenvalue weighted by Crippen LogP contribution is 2.14. The number of aromatic nitrogens is 2. The van der Waals surface area contributed by atoms with Crippen LogP contribution in [-0.4, -0.2) is 9.97 Å². The molecule has 2 aromatic heterocycles. The molecular weight excluding hydrogens is 169 g/mol. The first kappa shape index (κ1) is 7.62. The zero-order valence-corrected chi connectivity index (χ0v) is 6.53. The van der Waals surface area contributed by atoms with Crippen LogP contribution in [0.2, 0.25) is 0 Å². The SMILES string of the molecule is N#Cc1cnc2cncc(F)c2c1. The highest BCUT2D eigenvalue weighted by Gasteiger charge is 2.02. The van der Waals surface area contributed by atoms with E-state index in [-0.39, 0.29) is 0 Å². The third kappa shape index (κ3) is 1.20. The Labute approximate surface area is 73.5 Å². The normalized spacial score (nSPS) is 9.85. The molecular formula is C9H4FN3. The first-order chi connectivity index (χ1) is 6.31. The van der Waals surface area contributed by atoms with Gasteiger partial charge in [-0.1, -0.05) is 0 Å². The van der Waals surface area contributed by atoms with Crippen molar-refractivity contribution in [3.05, 3.63) is 36.0 Å². The Kier molecular flexibility index (Phi) is 1.64. The summed E-state index contributed by atoms with van der Waals surface area (Å²) < 4.78 is 13.1. The van der Waals surface area contributed by atoms with E-state index >= 15 is 0 Å². The molecule has 62 valence electrons. The van der Waals surface area contributed by atoms with E-state index in [0.717, 1.165) is 6.20 Å². The standard InChI is InChI=1S/C9H4FN3/c10-8-4-12-5-9-7(8)1-6(2-11)3-13-9/h1,3-5H. The van der Waals surface area contributed by atoms with Gasteiger partial charge in [0.25, 0.3) is 0 Å². The van der Waals surface area contributed by atoms with Gasteiger partial charge in [0.1, 0.15) is 6.07 Å². The molecule has 2 rings (SSSR count). The Morgan fingerprint density at radius 2 is 2.15 bits per heavy atom. The molecule has 0 aliphatic rings. The maximum atomic E-state index is 13.1. The van der Waals surface area contributed by atoms with Gasteiger partial charge in [0.05, 0.1) is 23.5 Å². The highest BCUT2D eigenvalue weighted by atomic mass is 19.1. The van der Waals surface area contributed by atoms with Crippen molar-refractivity contribution in [2.24, 2.45) is 0 Å². The number of rotatable bonds is 0. The summed E-state index contributed by atoms with van der Waals surface area (Å²) in [4.78, 5) is 7.54. The fourth-order valence-electron chi connectivity index (χ4n) is 1.07. The lowest BCUT2D eigenvalue weighted by atomic mass is 10.2. The second-order valence-corrected chi connectivity index (χ2v) is 2.52. The highest BCUT2D eigenvalue weighted by molar-refractivity contribution is 5.79. The van der Waals surface area contributed by atoms with Crippen molar-refractivity contribution < 1.29 is 4.39 Å². The maximum Gasteiger partial charge on any atom is 0.150 e. The van der Waals surface area contributed by atoms with Crippen molar-refractivity contribution in [3.8, 4) is 6.07 Å². The van der Waals surface area contributed by atoms with Gasteiger partial charge in [-0.2, -0.15) is 5.26 Å². The lowest BCUT2D eigenvalue weighted by Crippen LogP contribution is -1.87. The van der Waals surface area contributed by atoms with Crippen LogP contribution >= 0.6 is 0 Å². The van der Waals surface area contributed by atoms with Crippen LogP contribution in [0.3, 0.4) is 0 Å². The van der Waals surface area contributed by atoms with Crippen LogP contribution in [0, 0.1) is 17.1 Å². The van der Waals surface area contributed by atoms with Gasteiger partial charge in [0.2, 0.25) is 0 Å². The molecule has 0 N–H and O–H groups in total. The van der Waals surface area contributed by atoms with Crippen LogP contribution in [0.4, 0.5) is 4.39 Å². The Bertz CT molecular complexity index is 502. The smallest absolute Gasteiger partial charge is 0.150 e. The molecule has 0 radical (unpaired) electrons. The Hall–Kier alpha value is -2.02. The van der Waals surface area contributed by atoms with Crippen LogP contribution < -0.4 is 0 Å². The minimum Gasteiger partial charge on any atom is -0.259 e. The van der Waals surface area contributed by atoms with E-state index in [1.807, 2.05) is 6.07 Å². The molecule has 0 amide bonds. The molecule has 4 heteroatoms. The summed E-state index contributed by atoms with van der Waals surface area (Å²) in [5, 5.41) is 8.89. The average Bonchev–Trinajstić information content (AvgIpc) is 2.18. The topological polar surface area (TPSA) is 49.6 Å². The molecule has 0 spiro atoms. The van der Waals surface area contributed by atoms with E-state index in [1.54, 1.807) is 0 Å². The molecule has 0 aliphatic heterocycles. The van der Waals surface area contributed by atoms with Crippen molar-refractivity contribution in [2.75, 3.05) is 0 Å². The van der Waals surface area contributed by atoms with Gasteiger partial charge in [-0.25, -0.2) is 4.39 Å². The lowest BCUT2D eigenvalue weighted by Gasteiger charge is -1.96. The van der Waals surface area contributed by atoms with Crippen molar-refractivity contribution in [1.82, 2.24) is 9.97 Å². The number of nitriles is 1. The van der Waals surface area contributed by atoms with Crippen LogP contribution in [0.25, 0.3) is 10.9 Å². The third-order valence-electron chi connectivity index (χ3n) is 1.69. The number of pyridine rings is 2. The van der Waals surface area contributed by atoms with Crippen LogP contribution in [0.5, 0.6) is 0 Å². The minimum atomic E-state index is -0.456. The van der Waals surface area contributed by atoms with Crippen molar-refractivity contribution in [1.29, 1.82) is 5.26 Å². The van der Waals surface area contributed by atoms with E-state index in [4.69, 9.17) is 5.26 Å². The molecule has 0 fully saturated rings. The van der Waals surface area contributed by atoms with Crippen LogP contribution in [0.15, 0.2) is 24.7 Å². The minimum absolute atomic E-state index is 0.328. The second kappa shape index (κ2) is 2.79. The van der Waals surface area contributed by atoms with Gasteiger partial charge < -0.3 is 0 Å². The number of nitrogens with zero attached hydrogens (tertiary/aromatic N) is 3. The fraction of sp³-hybridized carbons (Fsp3) is 0. The van der Waals surface area contributed by atoms with Crippen LogP contribution in [0.1, 0.15) is 5.56 Å². The van der Waals surface area contributed by atoms with Crippen molar-refractivity contribution in [2.45, 2.75) is 0 Å². The molecule has 0 atom stereocenters. The van der Waals surface area contributed by atoms with Crippen molar-refractivity contribution in [3.63, 3.8) is 0 Å². The second-order valence-electron chi connectivity index (χ2n) is 2.52. The first-order valence-electron chi connectivity index (χ1n) is 3.60. The van der Waals surface area contributed by atoms with E-state index < -0.39 is 5.82 Å². The summed E-state index contributed by atoms with van der Waals surface area (Å²) >= 11 is 0.